The normalized spacial score (nSPS) is 11.5. The SMILES string of the molecule is CN=C(NCCc1c[nH]c2cccc(C)c12)NCc1ccc(C(=O)N(C)C)cc1. The summed E-state index contributed by atoms with van der Waals surface area (Å²) < 4.78 is 0. The first-order chi connectivity index (χ1) is 14.0. The molecule has 6 nitrogen and oxygen atoms in total. The van der Waals surface area contributed by atoms with E-state index in [1.807, 2.05) is 24.3 Å². The van der Waals surface area contributed by atoms with E-state index in [0.717, 1.165) is 24.5 Å². The largest absolute Gasteiger partial charge is 0.361 e. The molecule has 29 heavy (non-hydrogen) atoms. The number of hydrogen-bond donors (Lipinski definition) is 3. The van der Waals surface area contributed by atoms with E-state index in [-0.39, 0.29) is 5.91 Å². The molecular formula is C23H29N5O. The number of hydrogen-bond acceptors (Lipinski definition) is 2. The number of rotatable bonds is 6. The van der Waals surface area contributed by atoms with Crippen molar-refractivity contribution in [2.75, 3.05) is 27.7 Å². The van der Waals surface area contributed by atoms with E-state index < -0.39 is 0 Å². The van der Waals surface area contributed by atoms with Crippen LogP contribution in [-0.4, -0.2) is 49.4 Å². The van der Waals surface area contributed by atoms with Crippen LogP contribution in [0.5, 0.6) is 0 Å². The van der Waals surface area contributed by atoms with Crippen molar-refractivity contribution in [1.82, 2.24) is 20.5 Å². The number of carbonyl (C=O) groups excluding carboxylic acids is 1. The highest BCUT2D eigenvalue weighted by molar-refractivity contribution is 5.93. The Bertz CT molecular complexity index is 1000. The number of aryl methyl sites for hydroxylation is 1. The van der Waals surface area contributed by atoms with Crippen LogP contribution in [0.15, 0.2) is 53.7 Å². The first-order valence-electron chi connectivity index (χ1n) is 9.80. The Hall–Kier alpha value is -3.28. The summed E-state index contributed by atoms with van der Waals surface area (Å²) in [5, 5.41) is 8.00. The molecule has 2 aromatic carbocycles. The molecule has 0 aliphatic carbocycles. The molecule has 0 spiro atoms. The lowest BCUT2D eigenvalue weighted by Crippen LogP contribution is -2.37. The first kappa shape index (κ1) is 20.5. The lowest BCUT2D eigenvalue weighted by molar-refractivity contribution is 0.0827. The third kappa shape index (κ3) is 4.96. The monoisotopic (exact) mass is 391 g/mol. The average molecular weight is 392 g/mol. The van der Waals surface area contributed by atoms with Crippen molar-refractivity contribution in [2.45, 2.75) is 19.9 Å². The number of nitrogens with one attached hydrogen (secondary N) is 3. The summed E-state index contributed by atoms with van der Waals surface area (Å²) in [5.74, 6) is 0.768. The molecule has 0 aliphatic heterocycles. The van der Waals surface area contributed by atoms with Crippen molar-refractivity contribution < 1.29 is 4.79 Å². The molecule has 0 aliphatic rings. The fourth-order valence-corrected chi connectivity index (χ4v) is 3.39. The van der Waals surface area contributed by atoms with Gasteiger partial charge in [0.25, 0.3) is 5.91 Å². The summed E-state index contributed by atoms with van der Waals surface area (Å²) in [6.07, 6.45) is 3.00. The maximum Gasteiger partial charge on any atom is 0.253 e. The van der Waals surface area contributed by atoms with E-state index in [2.05, 4.69) is 51.9 Å². The molecule has 3 aromatic rings. The maximum atomic E-state index is 12.0. The summed E-state index contributed by atoms with van der Waals surface area (Å²) in [6, 6.07) is 14.0. The minimum Gasteiger partial charge on any atom is -0.361 e. The second-order valence-electron chi connectivity index (χ2n) is 7.31. The van der Waals surface area contributed by atoms with Crippen LogP contribution in [0.2, 0.25) is 0 Å². The van der Waals surface area contributed by atoms with Crippen molar-refractivity contribution in [3.63, 3.8) is 0 Å². The van der Waals surface area contributed by atoms with Gasteiger partial charge in [-0.3, -0.25) is 9.79 Å². The molecule has 3 rings (SSSR count). The van der Waals surface area contributed by atoms with Gasteiger partial charge in [0.15, 0.2) is 5.96 Å². The van der Waals surface area contributed by atoms with Crippen molar-refractivity contribution >= 4 is 22.8 Å². The molecular weight excluding hydrogens is 362 g/mol. The van der Waals surface area contributed by atoms with E-state index in [0.29, 0.717) is 12.1 Å². The van der Waals surface area contributed by atoms with E-state index in [1.165, 1.54) is 22.0 Å². The number of aromatic amines is 1. The molecule has 0 bridgehead atoms. The molecule has 0 unspecified atom stereocenters. The van der Waals surface area contributed by atoms with E-state index in [4.69, 9.17) is 0 Å². The van der Waals surface area contributed by atoms with Gasteiger partial charge in [0.1, 0.15) is 0 Å². The van der Waals surface area contributed by atoms with Crippen LogP contribution in [0.1, 0.15) is 27.0 Å². The van der Waals surface area contributed by atoms with Crippen molar-refractivity contribution in [3.05, 3.63) is 70.9 Å². The molecule has 152 valence electrons. The second kappa shape index (κ2) is 9.28. The molecule has 0 saturated carbocycles. The van der Waals surface area contributed by atoms with Gasteiger partial charge in [0.2, 0.25) is 0 Å². The molecule has 0 radical (unpaired) electrons. The van der Waals surface area contributed by atoms with Crippen LogP contribution >= 0.6 is 0 Å². The number of benzene rings is 2. The Morgan fingerprint density at radius 3 is 2.55 bits per heavy atom. The maximum absolute atomic E-state index is 12.0. The Morgan fingerprint density at radius 1 is 1.10 bits per heavy atom. The van der Waals surface area contributed by atoms with Gasteiger partial charge >= 0.3 is 0 Å². The van der Waals surface area contributed by atoms with Gasteiger partial charge in [-0.05, 0) is 48.2 Å². The topological polar surface area (TPSA) is 72.5 Å². The van der Waals surface area contributed by atoms with Gasteiger partial charge in [0.05, 0.1) is 0 Å². The predicted octanol–water partition coefficient (Wildman–Crippen LogP) is 3.09. The van der Waals surface area contributed by atoms with Crippen molar-refractivity contribution in [2.24, 2.45) is 4.99 Å². The number of guanidine groups is 1. The van der Waals surface area contributed by atoms with Crippen LogP contribution in [0.4, 0.5) is 0 Å². The fourth-order valence-electron chi connectivity index (χ4n) is 3.39. The zero-order valence-electron chi connectivity index (χ0n) is 17.5. The smallest absolute Gasteiger partial charge is 0.253 e. The zero-order valence-corrected chi connectivity index (χ0v) is 17.5. The number of fused-ring (bicyclic) bond motifs is 1. The first-order valence-corrected chi connectivity index (χ1v) is 9.80. The van der Waals surface area contributed by atoms with Gasteiger partial charge in [-0.25, -0.2) is 0 Å². The van der Waals surface area contributed by atoms with Crippen LogP contribution in [0, 0.1) is 6.92 Å². The predicted molar refractivity (Wildman–Crippen MR) is 119 cm³/mol. The summed E-state index contributed by atoms with van der Waals surface area (Å²) in [7, 11) is 5.28. The lowest BCUT2D eigenvalue weighted by atomic mass is 10.1. The Labute approximate surface area is 172 Å². The van der Waals surface area contributed by atoms with Gasteiger partial charge in [0, 0.05) is 56.9 Å². The van der Waals surface area contributed by atoms with E-state index in [9.17, 15) is 4.79 Å². The van der Waals surface area contributed by atoms with Crippen molar-refractivity contribution in [3.8, 4) is 0 Å². The third-order valence-electron chi connectivity index (χ3n) is 4.97. The molecule has 1 aromatic heterocycles. The number of aliphatic imine (C=N–C) groups is 1. The zero-order chi connectivity index (χ0) is 20.8. The minimum atomic E-state index is 0.00880. The highest BCUT2D eigenvalue weighted by Crippen LogP contribution is 2.22. The highest BCUT2D eigenvalue weighted by Gasteiger charge is 2.08. The van der Waals surface area contributed by atoms with Crippen LogP contribution in [-0.2, 0) is 13.0 Å². The quantitative estimate of drug-likeness (QED) is 0.447. The molecule has 0 saturated heterocycles. The van der Waals surface area contributed by atoms with Gasteiger partial charge < -0.3 is 20.5 Å². The van der Waals surface area contributed by atoms with Crippen LogP contribution in [0.25, 0.3) is 10.9 Å². The summed E-state index contributed by atoms with van der Waals surface area (Å²) >= 11 is 0. The van der Waals surface area contributed by atoms with E-state index >= 15 is 0 Å². The Balaban J connectivity index is 1.51. The molecule has 1 heterocycles. The number of aromatic nitrogens is 1. The molecule has 6 heteroatoms. The third-order valence-corrected chi connectivity index (χ3v) is 4.97. The van der Waals surface area contributed by atoms with Gasteiger partial charge in [-0.2, -0.15) is 0 Å². The summed E-state index contributed by atoms with van der Waals surface area (Å²) in [5.41, 5.74) is 5.56. The van der Waals surface area contributed by atoms with Crippen molar-refractivity contribution in [1.29, 1.82) is 0 Å². The number of carbonyl (C=O) groups is 1. The summed E-state index contributed by atoms with van der Waals surface area (Å²) in [6.45, 7) is 3.57. The van der Waals surface area contributed by atoms with E-state index in [1.54, 1.807) is 26.0 Å². The number of H-pyrrole nitrogens is 1. The molecule has 3 N–H and O–H groups in total. The number of amides is 1. The lowest BCUT2D eigenvalue weighted by Gasteiger charge is -2.13. The standard InChI is InChI=1S/C23H29N5O/c1-16-6-5-7-20-21(16)19(15-26-20)12-13-25-23(24-2)27-14-17-8-10-18(11-9-17)22(29)28(3)4/h5-11,15,26H,12-14H2,1-4H3,(H2,24,25,27). The number of nitrogens with zero attached hydrogens (tertiary/aromatic N) is 2. The highest BCUT2D eigenvalue weighted by atomic mass is 16.2. The minimum absolute atomic E-state index is 0.00880. The Morgan fingerprint density at radius 2 is 1.86 bits per heavy atom. The fraction of sp³-hybridized carbons (Fsp3) is 0.304. The van der Waals surface area contributed by atoms with Crippen LogP contribution in [0.3, 0.4) is 0 Å². The average Bonchev–Trinajstić information content (AvgIpc) is 3.14. The molecule has 1 amide bonds. The van der Waals surface area contributed by atoms with Gasteiger partial charge in [-0.1, -0.05) is 24.3 Å². The summed E-state index contributed by atoms with van der Waals surface area (Å²) in [4.78, 5) is 21.2. The van der Waals surface area contributed by atoms with Crippen LogP contribution < -0.4 is 10.6 Å². The molecule has 0 atom stereocenters. The van der Waals surface area contributed by atoms with Gasteiger partial charge in [-0.15, -0.1) is 0 Å². The second-order valence-corrected chi connectivity index (χ2v) is 7.31. The molecule has 0 fully saturated rings. The Kier molecular flexibility index (Phi) is 6.54.